The number of ether oxygens (including phenoxy) is 1. The highest BCUT2D eigenvalue weighted by Crippen LogP contribution is 2.16. The number of hydrogen-bond donors (Lipinski definition) is 2. The number of nitrogens with zero attached hydrogens (tertiary/aromatic N) is 5. The van der Waals surface area contributed by atoms with E-state index in [0.717, 1.165) is 38.3 Å². The van der Waals surface area contributed by atoms with Crippen LogP contribution < -0.4 is 10.6 Å². The molecule has 1 saturated heterocycles. The van der Waals surface area contributed by atoms with Crippen molar-refractivity contribution in [3.8, 4) is 5.69 Å². The lowest BCUT2D eigenvalue weighted by Crippen LogP contribution is -2.34. The molecule has 0 bridgehead atoms. The molecule has 26 heavy (non-hydrogen) atoms. The van der Waals surface area contributed by atoms with Gasteiger partial charge in [0.2, 0.25) is 0 Å². The minimum absolute atomic E-state index is 0.203. The molecule has 2 N–H and O–H groups in total. The third kappa shape index (κ3) is 4.77. The monoisotopic (exact) mass is 359 g/mol. The number of likely N-dealkylation sites (tertiary alicyclic amines) is 1. The van der Waals surface area contributed by atoms with Crippen molar-refractivity contribution >= 4 is 11.7 Å². The van der Waals surface area contributed by atoms with Crippen molar-refractivity contribution in [2.24, 2.45) is 5.92 Å². The summed E-state index contributed by atoms with van der Waals surface area (Å²) >= 11 is 0. The summed E-state index contributed by atoms with van der Waals surface area (Å²) in [6.07, 6.45) is 1.10. The third-order valence-corrected chi connectivity index (χ3v) is 4.51. The Morgan fingerprint density at radius 3 is 3.08 bits per heavy atom. The molecule has 3 rings (SSSR count). The second-order valence-electron chi connectivity index (χ2n) is 6.47. The lowest BCUT2D eigenvalue weighted by atomic mass is 10.1. The molecular formula is C17H25N7O2. The van der Waals surface area contributed by atoms with Crippen LogP contribution in [0.2, 0.25) is 0 Å². The summed E-state index contributed by atoms with van der Waals surface area (Å²) in [6.45, 7) is 6.24. The number of aromatic nitrogens is 4. The van der Waals surface area contributed by atoms with Crippen molar-refractivity contribution in [3.63, 3.8) is 0 Å². The van der Waals surface area contributed by atoms with Gasteiger partial charge in [-0.05, 0) is 54.4 Å². The van der Waals surface area contributed by atoms with Crippen LogP contribution in [0, 0.1) is 12.8 Å². The summed E-state index contributed by atoms with van der Waals surface area (Å²) in [6, 6.07) is 7.22. The summed E-state index contributed by atoms with van der Waals surface area (Å²) in [4.78, 5) is 14.6. The van der Waals surface area contributed by atoms with Crippen LogP contribution in [0.5, 0.6) is 0 Å². The van der Waals surface area contributed by atoms with Gasteiger partial charge in [0.1, 0.15) is 0 Å². The molecule has 0 radical (unpaired) electrons. The van der Waals surface area contributed by atoms with Gasteiger partial charge in [0.05, 0.1) is 12.3 Å². The van der Waals surface area contributed by atoms with Crippen molar-refractivity contribution in [2.45, 2.75) is 13.3 Å². The van der Waals surface area contributed by atoms with E-state index in [0.29, 0.717) is 24.0 Å². The Bertz CT molecular complexity index is 733. The van der Waals surface area contributed by atoms with Gasteiger partial charge in [-0.25, -0.2) is 4.79 Å². The largest absolute Gasteiger partial charge is 0.383 e. The molecule has 0 saturated carbocycles. The Labute approximate surface area is 152 Å². The van der Waals surface area contributed by atoms with Gasteiger partial charge >= 0.3 is 6.03 Å². The first kappa shape index (κ1) is 18.3. The van der Waals surface area contributed by atoms with Crippen molar-refractivity contribution < 1.29 is 9.53 Å². The zero-order chi connectivity index (χ0) is 18.4. The maximum atomic E-state index is 12.2. The van der Waals surface area contributed by atoms with Crippen LogP contribution in [-0.4, -0.2) is 71.0 Å². The van der Waals surface area contributed by atoms with E-state index in [9.17, 15) is 4.79 Å². The van der Waals surface area contributed by atoms with Crippen molar-refractivity contribution in [2.75, 3.05) is 45.2 Å². The van der Waals surface area contributed by atoms with Crippen LogP contribution >= 0.6 is 0 Å². The second-order valence-corrected chi connectivity index (χ2v) is 6.47. The first-order valence-electron chi connectivity index (χ1n) is 8.77. The van der Waals surface area contributed by atoms with E-state index < -0.39 is 0 Å². The van der Waals surface area contributed by atoms with E-state index in [1.54, 1.807) is 11.8 Å². The van der Waals surface area contributed by atoms with Crippen molar-refractivity contribution in [3.05, 3.63) is 30.1 Å². The normalized spacial score (nSPS) is 17.4. The summed E-state index contributed by atoms with van der Waals surface area (Å²) in [5.74, 6) is 1.17. The predicted octanol–water partition coefficient (Wildman–Crippen LogP) is 1.06. The van der Waals surface area contributed by atoms with Crippen LogP contribution in [0.3, 0.4) is 0 Å². The molecule has 1 fully saturated rings. The minimum Gasteiger partial charge on any atom is -0.383 e. The highest BCUT2D eigenvalue weighted by atomic mass is 16.5. The van der Waals surface area contributed by atoms with Gasteiger partial charge in [-0.15, -0.1) is 5.10 Å². The molecule has 2 amide bonds. The van der Waals surface area contributed by atoms with Crippen LogP contribution in [-0.2, 0) is 4.74 Å². The first-order valence-corrected chi connectivity index (χ1v) is 8.77. The molecule has 2 heterocycles. The fourth-order valence-electron chi connectivity index (χ4n) is 3.10. The Kier molecular flexibility index (Phi) is 6.13. The number of benzene rings is 1. The topological polar surface area (TPSA) is 97.2 Å². The number of urea groups is 1. The number of amides is 2. The smallest absolute Gasteiger partial charge is 0.319 e. The van der Waals surface area contributed by atoms with Crippen LogP contribution in [0.1, 0.15) is 12.2 Å². The molecule has 2 aromatic rings. The second kappa shape index (κ2) is 8.72. The van der Waals surface area contributed by atoms with E-state index in [1.165, 1.54) is 0 Å². The van der Waals surface area contributed by atoms with Gasteiger partial charge in [0, 0.05) is 32.4 Å². The SMILES string of the molecule is COCCN1CCC(CNC(=O)Nc2cccc(-n3nnnc3C)c2)C1. The highest BCUT2D eigenvalue weighted by Gasteiger charge is 2.22. The maximum absolute atomic E-state index is 12.2. The molecule has 9 nitrogen and oxygen atoms in total. The van der Waals surface area contributed by atoms with E-state index >= 15 is 0 Å². The van der Waals surface area contributed by atoms with Crippen LogP contribution in [0.15, 0.2) is 24.3 Å². The zero-order valence-electron chi connectivity index (χ0n) is 15.2. The van der Waals surface area contributed by atoms with Gasteiger partial charge < -0.3 is 20.3 Å². The van der Waals surface area contributed by atoms with E-state index in [2.05, 4.69) is 31.1 Å². The summed E-state index contributed by atoms with van der Waals surface area (Å²) in [7, 11) is 1.72. The number of rotatable bonds is 7. The number of tetrazole rings is 1. The Hall–Kier alpha value is -2.52. The van der Waals surface area contributed by atoms with Gasteiger partial charge in [-0.1, -0.05) is 6.07 Å². The highest BCUT2D eigenvalue weighted by molar-refractivity contribution is 5.89. The van der Waals surface area contributed by atoms with Gasteiger partial charge in [0.25, 0.3) is 0 Å². The van der Waals surface area contributed by atoms with Crippen LogP contribution in [0.25, 0.3) is 5.69 Å². The molecule has 0 aliphatic carbocycles. The molecular weight excluding hydrogens is 334 g/mol. The quantitative estimate of drug-likeness (QED) is 0.767. The number of aryl methyl sites for hydroxylation is 1. The standard InChI is InChI=1S/C17H25N7O2/c1-13-20-21-22-24(13)16-5-3-4-15(10-16)19-17(25)18-11-14-6-7-23(12-14)8-9-26-2/h3-5,10,14H,6-9,11-12H2,1-2H3,(H2,18,19,25). The summed E-state index contributed by atoms with van der Waals surface area (Å²) in [5, 5.41) is 17.3. The zero-order valence-corrected chi connectivity index (χ0v) is 15.2. The third-order valence-electron chi connectivity index (χ3n) is 4.51. The first-order chi connectivity index (χ1) is 12.7. The van der Waals surface area contributed by atoms with Crippen LogP contribution in [0.4, 0.5) is 10.5 Å². The molecule has 1 unspecified atom stereocenters. The fraction of sp³-hybridized carbons (Fsp3) is 0.529. The van der Waals surface area contributed by atoms with Crippen molar-refractivity contribution in [1.82, 2.24) is 30.4 Å². The average molecular weight is 359 g/mol. The molecule has 1 aromatic heterocycles. The molecule has 1 aliphatic heterocycles. The molecule has 9 heteroatoms. The number of carbonyl (C=O) groups is 1. The van der Waals surface area contributed by atoms with Gasteiger partial charge in [0.15, 0.2) is 5.82 Å². The Morgan fingerprint density at radius 1 is 1.42 bits per heavy atom. The number of carbonyl (C=O) groups excluding carboxylic acids is 1. The summed E-state index contributed by atoms with van der Waals surface area (Å²) in [5.41, 5.74) is 1.50. The molecule has 1 aromatic carbocycles. The average Bonchev–Trinajstić information content (AvgIpc) is 3.27. The number of methoxy groups -OCH3 is 1. The number of hydrogen-bond acceptors (Lipinski definition) is 6. The van der Waals surface area contributed by atoms with Gasteiger partial charge in [-0.2, -0.15) is 4.68 Å². The Balaban J connectivity index is 1.48. The van der Waals surface area contributed by atoms with E-state index in [-0.39, 0.29) is 6.03 Å². The molecule has 1 atom stereocenters. The number of nitrogens with one attached hydrogen (secondary N) is 2. The fourth-order valence-corrected chi connectivity index (χ4v) is 3.10. The molecule has 1 aliphatic rings. The lowest BCUT2D eigenvalue weighted by molar-refractivity contribution is 0.159. The molecule has 0 spiro atoms. The molecule has 140 valence electrons. The number of anilines is 1. The predicted molar refractivity (Wildman–Crippen MR) is 97.3 cm³/mol. The lowest BCUT2D eigenvalue weighted by Gasteiger charge is -2.16. The van der Waals surface area contributed by atoms with Crippen molar-refractivity contribution in [1.29, 1.82) is 0 Å². The Morgan fingerprint density at radius 2 is 2.31 bits per heavy atom. The van der Waals surface area contributed by atoms with Gasteiger partial charge in [-0.3, -0.25) is 0 Å². The minimum atomic E-state index is -0.203. The summed E-state index contributed by atoms with van der Waals surface area (Å²) < 4.78 is 6.73. The van der Waals surface area contributed by atoms with E-state index in [1.807, 2.05) is 31.2 Å². The van der Waals surface area contributed by atoms with E-state index in [4.69, 9.17) is 4.74 Å². The maximum Gasteiger partial charge on any atom is 0.319 e.